The molecule has 0 radical (unpaired) electrons. The molecule has 0 unspecified atom stereocenters. The van der Waals surface area contributed by atoms with Crippen LogP contribution >= 0.6 is 0 Å². The second kappa shape index (κ2) is 4.52. The summed E-state index contributed by atoms with van der Waals surface area (Å²) >= 11 is 0. The van der Waals surface area contributed by atoms with E-state index in [0.717, 1.165) is 25.0 Å². The summed E-state index contributed by atoms with van der Waals surface area (Å²) in [4.78, 5) is 12.2. The molecule has 1 aliphatic carbocycles. The molecule has 3 rings (SSSR count). The maximum atomic E-state index is 12.2. The van der Waals surface area contributed by atoms with E-state index in [9.17, 15) is 4.79 Å². The summed E-state index contributed by atoms with van der Waals surface area (Å²) in [6.45, 7) is 4.37. The summed E-state index contributed by atoms with van der Waals surface area (Å²) in [7, 11) is 0. The van der Waals surface area contributed by atoms with Gasteiger partial charge in [-0.3, -0.25) is 4.79 Å². The number of ketones is 1. The van der Waals surface area contributed by atoms with Crippen LogP contribution in [-0.4, -0.2) is 11.3 Å². The molecule has 2 aliphatic rings. The molecular formula is C17H21NO. The van der Waals surface area contributed by atoms with Crippen molar-refractivity contribution in [1.29, 1.82) is 0 Å². The van der Waals surface area contributed by atoms with E-state index in [0.29, 0.717) is 5.78 Å². The number of allylic oxidation sites excluding steroid dienone is 1. The molecule has 1 heterocycles. The lowest BCUT2D eigenvalue weighted by molar-refractivity contribution is -0.120. The monoisotopic (exact) mass is 255 g/mol. The first-order valence-corrected chi connectivity index (χ1v) is 7.17. The van der Waals surface area contributed by atoms with Crippen LogP contribution in [0.5, 0.6) is 0 Å². The standard InChI is InChI=1S/C17H21NO/c1-17(2)11-13-6-3-4-9-14(13)15(18-17)10-16(19)12-7-5-8-12/h3-4,6,9-10,12,18H,5,7-8,11H2,1-2H3/b15-10-. The van der Waals surface area contributed by atoms with E-state index in [2.05, 4.69) is 37.4 Å². The van der Waals surface area contributed by atoms with Crippen molar-refractivity contribution in [2.75, 3.05) is 0 Å². The number of rotatable bonds is 2. The highest BCUT2D eigenvalue weighted by Crippen LogP contribution is 2.32. The molecule has 1 saturated carbocycles. The van der Waals surface area contributed by atoms with Crippen molar-refractivity contribution in [1.82, 2.24) is 5.32 Å². The van der Waals surface area contributed by atoms with Gasteiger partial charge in [0.05, 0.1) is 0 Å². The summed E-state index contributed by atoms with van der Waals surface area (Å²) in [5.41, 5.74) is 3.54. The fourth-order valence-electron chi connectivity index (χ4n) is 2.96. The number of fused-ring (bicyclic) bond motifs is 1. The molecule has 0 bridgehead atoms. The SMILES string of the molecule is CC1(C)Cc2ccccc2/C(=C/C(=O)C2CCC2)N1. The third-order valence-corrected chi connectivity index (χ3v) is 4.21. The molecule has 0 spiro atoms. The van der Waals surface area contributed by atoms with Crippen molar-refractivity contribution >= 4 is 11.5 Å². The van der Waals surface area contributed by atoms with Gasteiger partial charge in [-0.1, -0.05) is 30.7 Å². The molecular weight excluding hydrogens is 234 g/mol. The average molecular weight is 255 g/mol. The average Bonchev–Trinajstić information content (AvgIpc) is 2.24. The van der Waals surface area contributed by atoms with Gasteiger partial charge in [0.15, 0.2) is 5.78 Å². The Bertz CT molecular complexity index is 538. The van der Waals surface area contributed by atoms with Gasteiger partial charge in [0.25, 0.3) is 0 Å². The Balaban J connectivity index is 1.95. The van der Waals surface area contributed by atoms with E-state index in [1.54, 1.807) is 0 Å². The zero-order valence-electron chi connectivity index (χ0n) is 11.7. The van der Waals surface area contributed by atoms with E-state index < -0.39 is 0 Å². The predicted molar refractivity (Wildman–Crippen MR) is 77.7 cm³/mol. The van der Waals surface area contributed by atoms with Gasteiger partial charge in [0, 0.05) is 28.8 Å². The van der Waals surface area contributed by atoms with Crippen molar-refractivity contribution in [3.63, 3.8) is 0 Å². The van der Waals surface area contributed by atoms with E-state index in [1.807, 2.05) is 12.1 Å². The van der Waals surface area contributed by atoms with Crippen LogP contribution in [0, 0.1) is 5.92 Å². The van der Waals surface area contributed by atoms with Crippen LogP contribution in [0.3, 0.4) is 0 Å². The van der Waals surface area contributed by atoms with E-state index in [1.165, 1.54) is 17.5 Å². The maximum Gasteiger partial charge on any atom is 0.160 e. The Hall–Kier alpha value is -1.57. The number of carbonyl (C=O) groups is 1. The first-order valence-electron chi connectivity index (χ1n) is 7.17. The lowest BCUT2D eigenvalue weighted by atomic mass is 9.80. The molecule has 1 aromatic carbocycles. The van der Waals surface area contributed by atoms with Crippen molar-refractivity contribution in [3.8, 4) is 0 Å². The highest BCUT2D eigenvalue weighted by molar-refractivity contribution is 5.99. The van der Waals surface area contributed by atoms with Gasteiger partial charge in [0.1, 0.15) is 0 Å². The summed E-state index contributed by atoms with van der Waals surface area (Å²) in [5.74, 6) is 0.563. The van der Waals surface area contributed by atoms with Gasteiger partial charge in [-0.25, -0.2) is 0 Å². The van der Waals surface area contributed by atoms with Crippen LogP contribution in [0.25, 0.3) is 5.70 Å². The minimum atomic E-state index is 0.0140. The Labute approximate surface area is 114 Å². The first kappa shape index (κ1) is 12.5. The van der Waals surface area contributed by atoms with Gasteiger partial charge in [-0.05, 0) is 38.7 Å². The zero-order chi connectivity index (χ0) is 13.5. The molecule has 0 aromatic heterocycles. The summed E-state index contributed by atoms with van der Waals surface area (Å²) < 4.78 is 0. The Kier molecular flexibility index (Phi) is 2.96. The van der Waals surface area contributed by atoms with Crippen LogP contribution < -0.4 is 5.32 Å². The Morgan fingerprint density at radius 3 is 2.74 bits per heavy atom. The summed E-state index contributed by atoms with van der Waals surface area (Å²) in [6.07, 6.45) is 6.16. The Morgan fingerprint density at radius 2 is 2.05 bits per heavy atom. The molecule has 0 amide bonds. The third kappa shape index (κ3) is 2.44. The number of benzene rings is 1. The van der Waals surface area contributed by atoms with Crippen LogP contribution in [0.1, 0.15) is 44.2 Å². The predicted octanol–water partition coefficient (Wildman–Crippen LogP) is 3.32. The molecule has 1 aromatic rings. The molecule has 1 fully saturated rings. The molecule has 2 nitrogen and oxygen atoms in total. The maximum absolute atomic E-state index is 12.2. The number of nitrogens with one attached hydrogen (secondary N) is 1. The van der Waals surface area contributed by atoms with Crippen molar-refractivity contribution in [2.24, 2.45) is 5.92 Å². The lowest BCUT2D eigenvalue weighted by Crippen LogP contribution is -2.44. The minimum absolute atomic E-state index is 0.0140. The van der Waals surface area contributed by atoms with E-state index in [4.69, 9.17) is 0 Å². The van der Waals surface area contributed by atoms with Crippen molar-refractivity contribution in [3.05, 3.63) is 41.5 Å². The van der Waals surface area contributed by atoms with Crippen LogP contribution in [0.15, 0.2) is 30.3 Å². The van der Waals surface area contributed by atoms with Gasteiger partial charge < -0.3 is 5.32 Å². The number of hydrogen-bond donors (Lipinski definition) is 1. The number of hydrogen-bond acceptors (Lipinski definition) is 2. The molecule has 100 valence electrons. The lowest BCUT2D eigenvalue weighted by Gasteiger charge is -2.36. The fraction of sp³-hybridized carbons (Fsp3) is 0.471. The molecule has 1 N–H and O–H groups in total. The van der Waals surface area contributed by atoms with Gasteiger partial charge in [-0.15, -0.1) is 0 Å². The molecule has 2 heteroatoms. The molecule has 19 heavy (non-hydrogen) atoms. The van der Waals surface area contributed by atoms with Crippen LogP contribution in [0.4, 0.5) is 0 Å². The normalized spacial score (nSPS) is 23.4. The largest absolute Gasteiger partial charge is 0.379 e. The van der Waals surface area contributed by atoms with E-state index in [-0.39, 0.29) is 11.5 Å². The highest BCUT2D eigenvalue weighted by atomic mass is 16.1. The quantitative estimate of drug-likeness (QED) is 0.821. The molecule has 1 aliphatic heterocycles. The zero-order valence-corrected chi connectivity index (χ0v) is 11.7. The van der Waals surface area contributed by atoms with Crippen molar-refractivity contribution < 1.29 is 4.79 Å². The summed E-state index contributed by atoms with van der Waals surface area (Å²) in [6, 6.07) is 8.39. The molecule has 0 atom stereocenters. The smallest absolute Gasteiger partial charge is 0.160 e. The second-order valence-corrected chi connectivity index (χ2v) is 6.43. The van der Waals surface area contributed by atoms with Crippen LogP contribution in [-0.2, 0) is 11.2 Å². The highest BCUT2D eigenvalue weighted by Gasteiger charge is 2.29. The topological polar surface area (TPSA) is 29.1 Å². The fourth-order valence-corrected chi connectivity index (χ4v) is 2.96. The second-order valence-electron chi connectivity index (χ2n) is 6.43. The first-order chi connectivity index (χ1) is 9.05. The van der Waals surface area contributed by atoms with Gasteiger partial charge in [0.2, 0.25) is 0 Å². The number of carbonyl (C=O) groups excluding carboxylic acids is 1. The summed E-state index contributed by atoms with van der Waals surface area (Å²) in [5, 5.41) is 3.52. The van der Waals surface area contributed by atoms with E-state index >= 15 is 0 Å². The van der Waals surface area contributed by atoms with Crippen molar-refractivity contribution in [2.45, 2.75) is 45.1 Å². The third-order valence-electron chi connectivity index (χ3n) is 4.21. The van der Waals surface area contributed by atoms with Gasteiger partial charge >= 0.3 is 0 Å². The molecule has 0 saturated heterocycles. The van der Waals surface area contributed by atoms with Gasteiger partial charge in [-0.2, -0.15) is 0 Å². The Morgan fingerprint density at radius 1 is 1.32 bits per heavy atom. The minimum Gasteiger partial charge on any atom is -0.379 e. The van der Waals surface area contributed by atoms with Crippen LogP contribution in [0.2, 0.25) is 0 Å².